The summed E-state index contributed by atoms with van der Waals surface area (Å²) in [6.45, 7) is 2.11. The monoisotopic (exact) mass is 192 g/mol. The average Bonchev–Trinajstić information content (AvgIpc) is 2.20. The Labute approximate surface area is 86.8 Å². The van der Waals surface area contributed by atoms with Crippen LogP contribution in [0.3, 0.4) is 0 Å². The molecule has 0 fully saturated rings. The summed E-state index contributed by atoms with van der Waals surface area (Å²) in [5, 5.41) is 9.53. The number of aliphatic hydroxyl groups is 1. The Kier molecular flexibility index (Phi) is 5.31. The van der Waals surface area contributed by atoms with Gasteiger partial charge in [-0.15, -0.1) is 0 Å². The molecule has 0 aliphatic carbocycles. The van der Waals surface area contributed by atoms with E-state index in [-0.39, 0.29) is 6.10 Å². The highest BCUT2D eigenvalue weighted by Crippen LogP contribution is 2.09. The zero-order valence-corrected chi connectivity index (χ0v) is 8.95. The van der Waals surface area contributed by atoms with Gasteiger partial charge in [-0.3, -0.25) is 0 Å². The Morgan fingerprint density at radius 1 is 1.14 bits per heavy atom. The fourth-order valence-electron chi connectivity index (χ4n) is 1.66. The molecular weight excluding hydrogens is 172 g/mol. The third kappa shape index (κ3) is 4.43. The number of rotatable bonds is 6. The van der Waals surface area contributed by atoms with Gasteiger partial charge in [-0.1, -0.05) is 43.7 Å². The van der Waals surface area contributed by atoms with E-state index in [1.54, 1.807) is 0 Å². The Balaban J connectivity index is 2.16. The van der Waals surface area contributed by atoms with Crippen LogP contribution < -0.4 is 0 Å². The maximum atomic E-state index is 9.53. The highest BCUT2D eigenvalue weighted by Gasteiger charge is 2.01. The molecule has 0 aliphatic rings. The summed E-state index contributed by atoms with van der Waals surface area (Å²) in [5.41, 5.74) is 1.37. The Morgan fingerprint density at radius 2 is 1.86 bits per heavy atom. The van der Waals surface area contributed by atoms with Crippen molar-refractivity contribution in [3.63, 3.8) is 0 Å². The first-order valence-corrected chi connectivity index (χ1v) is 5.55. The fraction of sp³-hybridized carbons (Fsp3) is 0.538. The van der Waals surface area contributed by atoms with Gasteiger partial charge < -0.3 is 5.11 Å². The lowest BCUT2D eigenvalue weighted by Crippen LogP contribution is -2.05. The second-order valence-corrected chi connectivity index (χ2v) is 3.82. The average molecular weight is 192 g/mol. The third-order valence-electron chi connectivity index (χ3n) is 2.47. The van der Waals surface area contributed by atoms with Crippen LogP contribution in [0.4, 0.5) is 0 Å². The van der Waals surface area contributed by atoms with Crippen molar-refractivity contribution >= 4 is 0 Å². The molecular formula is C13H20O. The standard InChI is InChI=1S/C13H20O/c1-2-7-13(14)11-6-10-12-8-4-3-5-9-12/h3-5,8-9,13-14H,2,6-7,10-11H2,1H3/t13-/m0/s1. The van der Waals surface area contributed by atoms with Crippen LogP contribution in [0.2, 0.25) is 0 Å². The van der Waals surface area contributed by atoms with Crippen molar-refractivity contribution in [2.45, 2.75) is 45.1 Å². The largest absolute Gasteiger partial charge is 0.393 e. The Bertz CT molecular complexity index is 230. The second-order valence-electron chi connectivity index (χ2n) is 3.82. The first-order chi connectivity index (χ1) is 6.83. The van der Waals surface area contributed by atoms with Gasteiger partial charge in [-0.05, 0) is 31.2 Å². The van der Waals surface area contributed by atoms with Crippen LogP contribution in [0.25, 0.3) is 0 Å². The number of benzene rings is 1. The van der Waals surface area contributed by atoms with Crippen LogP contribution in [-0.2, 0) is 6.42 Å². The van der Waals surface area contributed by atoms with Gasteiger partial charge in [0.2, 0.25) is 0 Å². The zero-order valence-electron chi connectivity index (χ0n) is 8.95. The number of hydrogen-bond donors (Lipinski definition) is 1. The van der Waals surface area contributed by atoms with Gasteiger partial charge in [-0.2, -0.15) is 0 Å². The molecule has 0 amide bonds. The predicted molar refractivity (Wildman–Crippen MR) is 60.3 cm³/mol. The molecule has 0 saturated heterocycles. The molecule has 0 radical (unpaired) electrons. The van der Waals surface area contributed by atoms with Gasteiger partial charge in [0.05, 0.1) is 6.10 Å². The van der Waals surface area contributed by atoms with E-state index in [2.05, 4.69) is 31.2 Å². The molecule has 0 saturated carbocycles. The van der Waals surface area contributed by atoms with E-state index in [0.717, 1.165) is 32.1 Å². The first kappa shape index (κ1) is 11.3. The SMILES string of the molecule is CCC[C@H](O)CCCc1ccccc1. The summed E-state index contributed by atoms with van der Waals surface area (Å²) >= 11 is 0. The summed E-state index contributed by atoms with van der Waals surface area (Å²) in [7, 11) is 0. The van der Waals surface area contributed by atoms with Crippen LogP contribution in [0, 0.1) is 0 Å². The zero-order chi connectivity index (χ0) is 10.2. The van der Waals surface area contributed by atoms with Gasteiger partial charge in [0, 0.05) is 0 Å². The van der Waals surface area contributed by atoms with Gasteiger partial charge >= 0.3 is 0 Å². The normalized spacial score (nSPS) is 12.7. The van der Waals surface area contributed by atoms with E-state index in [1.807, 2.05) is 6.07 Å². The summed E-state index contributed by atoms with van der Waals surface area (Å²) < 4.78 is 0. The molecule has 1 rings (SSSR count). The quantitative estimate of drug-likeness (QED) is 0.734. The molecule has 1 heteroatoms. The summed E-state index contributed by atoms with van der Waals surface area (Å²) in [6, 6.07) is 10.5. The van der Waals surface area contributed by atoms with Crippen LogP contribution in [0.15, 0.2) is 30.3 Å². The molecule has 0 aromatic heterocycles. The van der Waals surface area contributed by atoms with Crippen molar-refractivity contribution < 1.29 is 5.11 Å². The van der Waals surface area contributed by atoms with Gasteiger partial charge in [-0.25, -0.2) is 0 Å². The van der Waals surface area contributed by atoms with E-state index in [1.165, 1.54) is 5.56 Å². The summed E-state index contributed by atoms with van der Waals surface area (Å²) in [5.74, 6) is 0. The number of aliphatic hydroxyl groups excluding tert-OH is 1. The van der Waals surface area contributed by atoms with Crippen LogP contribution >= 0.6 is 0 Å². The summed E-state index contributed by atoms with van der Waals surface area (Å²) in [6.07, 6.45) is 5.03. The maximum Gasteiger partial charge on any atom is 0.0540 e. The number of hydrogen-bond acceptors (Lipinski definition) is 1. The van der Waals surface area contributed by atoms with Crippen LogP contribution in [-0.4, -0.2) is 11.2 Å². The fourth-order valence-corrected chi connectivity index (χ4v) is 1.66. The van der Waals surface area contributed by atoms with Crippen molar-refractivity contribution in [1.29, 1.82) is 0 Å². The van der Waals surface area contributed by atoms with Crippen molar-refractivity contribution in [3.8, 4) is 0 Å². The van der Waals surface area contributed by atoms with Crippen molar-refractivity contribution in [2.75, 3.05) is 0 Å². The van der Waals surface area contributed by atoms with Crippen molar-refractivity contribution in [3.05, 3.63) is 35.9 Å². The van der Waals surface area contributed by atoms with E-state index in [4.69, 9.17) is 0 Å². The van der Waals surface area contributed by atoms with Crippen molar-refractivity contribution in [1.82, 2.24) is 0 Å². The molecule has 0 heterocycles. The van der Waals surface area contributed by atoms with Crippen LogP contribution in [0.5, 0.6) is 0 Å². The smallest absolute Gasteiger partial charge is 0.0540 e. The minimum Gasteiger partial charge on any atom is -0.393 e. The molecule has 78 valence electrons. The predicted octanol–water partition coefficient (Wildman–Crippen LogP) is 3.17. The second kappa shape index (κ2) is 6.61. The Hall–Kier alpha value is -0.820. The van der Waals surface area contributed by atoms with E-state index in [9.17, 15) is 5.11 Å². The van der Waals surface area contributed by atoms with Gasteiger partial charge in [0.25, 0.3) is 0 Å². The molecule has 1 nitrogen and oxygen atoms in total. The lowest BCUT2D eigenvalue weighted by atomic mass is 10.0. The molecule has 0 aliphatic heterocycles. The molecule has 0 bridgehead atoms. The molecule has 0 unspecified atom stereocenters. The molecule has 1 atom stereocenters. The van der Waals surface area contributed by atoms with Gasteiger partial charge in [0.1, 0.15) is 0 Å². The molecule has 1 aromatic rings. The molecule has 1 N–H and O–H groups in total. The lowest BCUT2D eigenvalue weighted by Gasteiger charge is -2.08. The molecule has 0 spiro atoms. The number of aryl methyl sites for hydroxylation is 1. The molecule has 1 aromatic carbocycles. The maximum absolute atomic E-state index is 9.53. The summed E-state index contributed by atoms with van der Waals surface area (Å²) in [4.78, 5) is 0. The highest BCUT2D eigenvalue weighted by molar-refractivity contribution is 5.14. The highest BCUT2D eigenvalue weighted by atomic mass is 16.3. The molecule has 14 heavy (non-hydrogen) atoms. The van der Waals surface area contributed by atoms with E-state index in [0.29, 0.717) is 0 Å². The topological polar surface area (TPSA) is 20.2 Å². The first-order valence-electron chi connectivity index (χ1n) is 5.55. The van der Waals surface area contributed by atoms with Crippen LogP contribution in [0.1, 0.15) is 38.2 Å². The lowest BCUT2D eigenvalue weighted by molar-refractivity contribution is 0.151. The van der Waals surface area contributed by atoms with Gasteiger partial charge in [0.15, 0.2) is 0 Å². The Morgan fingerprint density at radius 3 is 2.50 bits per heavy atom. The van der Waals surface area contributed by atoms with Crippen molar-refractivity contribution in [2.24, 2.45) is 0 Å². The van der Waals surface area contributed by atoms with E-state index >= 15 is 0 Å². The minimum atomic E-state index is -0.0938. The van der Waals surface area contributed by atoms with E-state index < -0.39 is 0 Å². The minimum absolute atomic E-state index is 0.0938. The third-order valence-corrected chi connectivity index (χ3v) is 2.47.